The predicted octanol–water partition coefficient (Wildman–Crippen LogP) is 1.62. The molecular formula is C12H14N4O2S. The molecule has 0 aliphatic heterocycles. The number of nitrogens with one attached hydrogen (secondary N) is 2. The zero-order chi connectivity index (χ0) is 13.9. The molecule has 7 heteroatoms. The second-order valence-electron chi connectivity index (χ2n) is 3.95. The van der Waals surface area contributed by atoms with Gasteiger partial charge in [0.15, 0.2) is 0 Å². The van der Waals surface area contributed by atoms with Gasteiger partial charge in [-0.2, -0.15) is 8.42 Å². The van der Waals surface area contributed by atoms with E-state index < -0.39 is 10.2 Å². The van der Waals surface area contributed by atoms with E-state index in [-0.39, 0.29) is 0 Å². The van der Waals surface area contributed by atoms with Crippen LogP contribution in [-0.4, -0.2) is 8.42 Å². The van der Waals surface area contributed by atoms with Crippen LogP contribution >= 0.6 is 0 Å². The van der Waals surface area contributed by atoms with Gasteiger partial charge in [-0.25, -0.2) is 0 Å². The fourth-order valence-corrected chi connectivity index (χ4v) is 2.38. The van der Waals surface area contributed by atoms with Crippen LogP contribution in [0.15, 0.2) is 48.5 Å². The van der Waals surface area contributed by atoms with Crippen LogP contribution in [0.4, 0.5) is 22.7 Å². The quantitative estimate of drug-likeness (QED) is 0.637. The molecule has 0 atom stereocenters. The summed E-state index contributed by atoms with van der Waals surface area (Å²) in [5.74, 6) is 0. The van der Waals surface area contributed by atoms with E-state index in [0.29, 0.717) is 22.7 Å². The Morgan fingerprint density at radius 3 is 1.32 bits per heavy atom. The predicted molar refractivity (Wildman–Crippen MR) is 77.9 cm³/mol. The Balaban J connectivity index is 2.10. The Kier molecular flexibility index (Phi) is 3.48. The molecule has 0 aromatic heterocycles. The van der Waals surface area contributed by atoms with Crippen molar-refractivity contribution in [3.63, 3.8) is 0 Å². The number of hydrogen-bond donors (Lipinski definition) is 4. The Morgan fingerprint density at radius 2 is 1.00 bits per heavy atom. The molecule has 0 amide bonds. The lowest BCUT2D eigenvalue weighted by molar-refractivity contribution is 0.606. The van der Waals surface area contributed by atoms with Crippen LogP contribution in [0.5, 0.6) is 0 Å². The van der Waals surface area contributed by atoms with Crippen LogP contribution in [0.2, 0.25) is 0 Å². The average Bonchev–Trinajstić information content (AvgIpc) is 2.34. The topological polar surface area (TPSA) is 110 Å². The van der Waals surface area contributed by atoms with Gasteiger partial charge < -0.3 is 11.5 Å². The molecule has 0 aliphatic carbocycles. The maximum absolute atomic E-state index is 11.9. The van der Waals surface area contributed by atoms with E-state index in [1.54, 1.807) is 48.5 Å². The Morgan fingerprint density at radius 1 is 0.684 bits per heavy atom. The number of nitrogen functional groups attached to an aromatic ring is 2. The first-order valence-corrected chi connectivity index (χ1v) is 6.94. The van der Waals surface area contributed by atoms with E-state index in [1.165, 1.54) is 0 Å². The van der Waals surface area contributed by atoms with E-state index in [1.807, 2.05) is 0 Å². The monoisotopic (exact) mass is 278 g/mol. The minimum Gasteiger partial charge on any atom is -0.399 e. The van der Waals surface area contributed by atoms with Crippen LogP contribution in [0, 0.1) is 0 Å². The molecular weight excluding hydrogens is 264 g/mol. The third-order valence-electron chi connectivity index (χ3n) is 2.33. The first-order chi connectivity index (χ1) is 8.94. The van der Waals surface area contributed by atoms with Gasteiger partial charge in [0.1, 0.15) is 0 Å². The first kappa shape index (κ1) is 13.0. The fourth-order valence-electron chi connectivity index (χ4n) is 1.44. The van der Waals surface area contributed by atoms with Crippen molar-refractivity contribution >= 4 is 33.0 Å². The summed E-state index contributed by atoms with van der Waals surface area (Å²) in [7, 11) is -3.70. The molecule has 2 aromatic rings. The lowest BCUT2D eigenvalue weighted by atomic mass is 10.3. The van der Waals surface area contributed by atoms with Gasteiger partial charge in [-0.1, -0.05) is 0 Å². The van der Waals surface area contributed by atoms with Crippen molar-refractivity contribution in [2.75, 3.05) is 20.9 Å². The molecule has 0 saturated heterocycles. The SMILES string of the molecule is Nc1ccc(NS(=O)(=O)Nc2ccc(N)cc2)cc1. The third-order valence-corrected chi connectivity index (χ3v) is 3.33. The number of anilines is 4. The van der Waals surface area contributed by atoms with Crippen molar-refractivity contribution in [2.24, 2.45) is 0 Å². The summed E-state index contributed by atoms with van der Waals surface area (Å²) in [5, 5.41) is 0. The Bertz CT molecular complexity index is 598. The molecule has 6 nitrogen and oxygen atoms in total. The molecule has 0 saturated carbocycles. The van der Waals surface area contributed by atoms with Gasteiger partial charge in [-0.05, 0) is 48.5 Å². The van der Waals surface area contributed by atoms with Crippen LogP contribution in [0.1, 0.15) is 0 Å². The van der Waals surface area contributed by atoms with E-state index in [4.69, 9.17) is 11.5 Å². The maximum atomic E-state index is 11.9. The highest BCUT2D eigenvalue weighted by Gasteiger charge is 2.09. The van der Waals surface area contributed by atoms with E-state index in [0.717, 1.165) is 0 Å². The van der Waals surface area contributed by atoms with Crippen molar-refractivity contribution in [3.05, 3.63) is 48.5 Å². The van der Waals surface area contributed by atoms with Gasteiger partial charge in [0, 0.05) is 11.4 Å². The lowest BCUT2D eigenvalue weighted by Crippen LogP contribution is -2.21. The van der Waals surface area contributed by atoms with Gasteiger partial charge in [0.05, 0.1) is 11.4 Å². The second kappa shape index (κ2) is 5.07. The van der Waals surface area contributed by atoms with Crippen LogP contribution in [-0.2, 0) is 10.2 Å². The minimum absolute atomic E-state index is 0.428. The Labute approximate surface area is 111 Å². The molecule has 0 spiro atoms. The minimum atomic E-state index is -3.70. The summed E-state index contributed by atoms with van der Waals surface area (Å²) < 4.78 is 28.5. The summed E-state index contributed by atoms with van der Waals surface area (Å²) >= 11 is 0. The normalized spacial score (nSPS) is 10.9. The zero-order valence-electron chi connectivity index (χ0n) is 10.00. The van der Waals surface area contributed by atoms with Crippen molar-refractivity contribution in [3.8, 4) is 0 Å². The summed E-state index contributed by atoms with van der Waals surface area (Å²) in [5.41, 5.74) is 13.0. The number of hydrogen-bond acceptors (Lipinski definition) is 4. The standard InChI is InChI=1S/C12H14N4O2S/c13-9-1-5-11(6-2-9)15-19(17,18)16-12-7-3-10(14)4-8-12/h1-8,15-16H,13-14H2. The highest BCUT2D eigenvalue weighted by Crippen LogP contribution is 2.15. The molecule has 0 bridgehead atoms. The van der Waals surface area contributed by atoms with E-state index in [9.17, 15) is 8.42 Å². The van der Waals surface area contributed by atoms with Gasteiger partial charge >= 0.3 is 10.2 Å². The molecule has 6 N–H and O–H groups in total. The van der Waals surface area contributed by atoms with Crippen LogP contribution in [0.25, 0.3) is 0 Å². The number of nitrogens with two attached hydrogens (primary N) is 2. The molecule has 2 aromatic carbocycles. The maximum Gasteiger partial charge on any atom is 0.321 e. The molecule has 0 heterocycles. The van der Waals surface area contributed by atoms with Gasteiger partial charge in [0.2, 0.25) is 0 Å². The van der Waals surface area contributed by atoms with Gasteiger partial charge in [0.25, 0.3) is 0 Å². The van der Waals surface area contributed by atoms with Gasteiger partial charge in [-0.3, -0.25) is 9.44 Å². The van der Waals surface area contributed by atoms with E-state index in [2.05, 4.69) is 9.44 Å². The second-order valence-corrected chi connectivity index (χ2v) is 5.37. The number of rotatable bonds is 4. The fraction of sp³-hybridized carbons (Fsp3) is 0. The van der Waals surface area contributed by atoms with Crippen molar-refractivity contribution in [2.45, 2.75) is 0 Å². The molecule has 0 radical (unpaired) electrons. The molecule has 2 rings (SSSR count). The van der Waals surface area contributed by atoms with E-state index >= 15 is 0 Å². The van der Waals surface area contributed by atoms with Crippen LogP contribution < -0.4 is 20.9 Å². The summed E-state index contributed by atoms with van der Waals surface area (Å²) in [6.45, 7) is 0. The molecule has 19 heavy (non-hydrogen) atoms. The molecule has 0 fully saturated rings. The van der Waals surface area contributed by atoms with Crippen molar-refractivity contribution in [1.29, 1.82) is 0 Å². The highest BCUT2D eigenvalue weighted by molar-refractivity contribution is 7.94. The molecule has 0 aliphatic rings. The van der Waals surface area contributed by atoms with Gasteiger partial charge in [-0.15, -0.1) is 0 Å². The van der Waals surface area contributed by atoms with Crippen molar-refractivity contribution in [1.82, 2.24) is 0 Å². The highest BCUT2D eigenvalue weighted by atomic mass is 32.2. The summed E-state index contributed by atoms with van der Waals surface area (Å²) in [6, 6.07) is 12.8. The van der Waals surface area contributed by atoms with Crippen LogP contribution in [0.3, 0.4) is 0 Å². The smallest absolute Gasteiger partial charge is 0.321 e. The zero-order valence-corrected chi connectivity index (χ0v) is 10.8. The Hall–Kier alpha value is -2.41. The summed E-state index contributed by atoms with van der Waals surface area (Å²) in [4.78, 5) is 0. The average molecular weight is 278 g/mol. The first-order valence-electron chi connectivity index (χ1n) is 5.46. The largest absolute Gasteiger partial charge is 0.399 e. The van der Waals surface area contributed by atoms with Crippen molar-refractivity contribution < 1.29 is 8.42 Å². The molecule has 100 valence electrons. The summed E-state index contributed by atoms with van der Waals surface area (Å²) in [6.07, 6.45) is 0. The lowest BCUT2D eigenvalue weighted by Gasteiger charge is -2.10. The number of benzene rings is 2. The molecule has 0 unspecified atom stereocenters. The third kappa shape index (κ3) is 3.78.